The molecule has 1 aliphatic heterocycles. The standard InChI is InChI=1S/C26H31N3O4S/c1-19-8-13-24(34(31,32)27-17-23-7-5-15-33-23)16-25(19)26(30)28-22-11-9-21(10-12-22)18-29-14-4-3-6-20(29)2/h5,7-13,15-16,20,27H,3-4,6,14,17-18H2,1-2H3,(H,28,30). The maximum Gasteiger partial charge on any atom is 0.255 e. The lowest BCUT2D eigenvalue weighted by molar-refractivity contribution is 0.102. The zero-order valence-electron chi connectivity index (χ0n) is 19.6. The van der Waals surface area contributed by atoms with Crippen LogP contribution in [-0.2, 0) is 23.1 Å². The number of rotatable bonds is 8. The second kappa shape index (κ2) is 10.5. The molecule has 3 aromatic rings. The first kappa shape index (κ1) is 24.2. The van der Waals surface area contributed by atoms with E-state index in [1.165, 1.54) is 43.2 Å². The topological polar surface area (TPSA) is 91.6 Å². The molecule has 1 saturated heterocycles. The number of amides is 1. The Labute approximate surface area is 201 Å². The molecule has 1 atom stereocenters. The van der Waals surface area contributed by atoms with Gasteiger partial charge in [-0.1, -0.05) is 24.6 Å². The molecule has 0 saturated carbocycles. The predicted molar refractivity (Wildman–Crippen MR) is 132 cm³/mol. The number of hydrogen-bond donors (Lipinski definition) is 2. The van der Waals surface area contributed by atoms with Crippen LogP contribution in [0.2, 0.25) is 0 Å². The summed E-state index contributed by atoms with van der Waals surface area (Å²) in [5.41, 5.74) is 2.88. The number of carbonyl (C=O) groups excluding carboxylic acids is 1. The molecule has 4 rings (SSSR count). The Bertz CT molecular complexity index is 1220. The maximum atomic E-state index is 13.0. The molecule has 0 radical (unpaired) electrons. The lowest BCUT2D eigenvalue weighted by atomic mass is 10.0. The van der Waals surface area contributed by atoms with Gasteiger partial charge in [0.15, 0.2) is 0 Å². The van der Waals surface area contributed by atoms with Gasteiger partial charge in [-0.25, -0.2) is 13.1 Å². The molecule has 1 amide bonds. The first-order valence-corrected chi connectivity index (χ1v) is 13.1. The van der Waals surface area contributed by atoms with E-state index < -0.39 is 10.0 Å². The molecule has 180 valence electrons. The van der Waals surface area contributed by atoms with Crippen LogP contribution in [0.15, 0.2) is 70.2 Å². The summed E-state index contributed by atoms with van der Waals surface area (Å²) in [6.07, 6.45) is 5.26. The van der Waals surface area contributed by atoms with Gasteiger partial charge in [0.05, 0.1) is 17.7 Å². The van der Waals surface area contributed by atoms with Gasteiger partial charge in [-0.3, -0.25) is 9.69 Å². The van der Waals surface area contributed by atoms with Crippen molar-refractivity contribution in [2.75, 3.05) is 11.9 Å². The molecular formula is C26H31N3O4S. The van der Waals surface area contributed by atoms with Crippen LogP contribution in [0.25, 0.3) is 0 Å². The fourth-order valence-electron chi connectivity index (χ4n) is 4.19. The van der Waals surface area contributed by atoms with E-state index in [4.69, 9.17) is 4.42 Å². The van der Waals surface area contributed by atoms with E-state index in [-0.39, 0.29) is 17.3 Å². The molecule has 1 aromatic heterocycles. The van der Waals surface area contributed by atoms with E-state index in [2.05, 4.69) is 21.9 Å². The summed E-state index contributed by atoms with van der Waals surface area (Å²) in [4.78, 5) is 15.5. The Morgan fingerprint density at radius 3 is 2.62 bits per heavy atom. The van der Waals surface area contributed by atoms with Crippen LogP contribution in [0, 0.1) is 6.92 Å². The number of carbonyl (C=O) groups is 1. The van der Waals surface area contributed by atoms with Crippen LogP contribution in [-0.4, -0.2) is 31.8 Å². The van der Waals surface area contributed by atoms with Crippen LogP contribution in [0.3, 0.4) is 0 Å². The number of anilines is 1. The highest BCUT2D eigenvalue weighted by Crippen LogP contribution is 2.21. The normalized spacial score (nSPS) is 16.9. The van der Waals surface area contributed by atoms with Crippen molar-refractivity contribution < 1.29 is 17.6 Å². The Morgan fingerprint density at radius 2 is 1.91 bits per heavy atom. The molecule has 0 bridgehead atoms. The van der Waals surface area contributed by atoms with Crippen molar-refractivity contribution >= 4 is 21.6 Å². The van der Waals surface area contributed by atoms with Crippen LogP contribution in [0.5, 0.6) is 0 Å². The number of nitrogens with zero attached hydrogens (tertiary/aromatic N) is 1. The summed E-state index contributed by atoms with van der Waals surface area (Å²) >= 11 is 0. The molecule has 7 nitrogen and oxygen atoms in total. The number of piperidine rings is 1. The predicted octanol–water partition coefficient (Wildman–Crippen LogP) is 4.69. The number of sulfonamides is 1. The van der Waals surface area contributed by atoms with Crippen LogP contribution < -0.4 is 10.0 Å². The summed E-state index contributed by atoms with van der Waals surface area (Å²) in [6.45, 7) is 6.11. The van der Waals surface area contributed by atoms with Gasteiger partial charge in [0.2, 0.25) is 10.0 Å². The highest BCUT2D eigenvalue weighted by atomic mass is 32.2. The largest absolute Gasteiger partial charge is 0.468 e. The van der Waals surface area contributed by atoms with Gasteiger partial charge in [0.25, 0.3) is 5.91 Å². The van der Waals surface area contributed by atoms with E-state index >= 15 is 0 Å². The molecule has 34 heavy (non-hydrogen) atoms. The molecule has 0 aliphatic carbocycles. The summed E-state index contributed by atoms with van der Waals surface area (Å²) in [7, 11) is -3.80. The fraction of sp³-hybridized carbons (Fsp3) is 0.346. The third kappa shape index (κ3) is 5.94. The first-order valence-electron chi connectivity index (χ1n) is 11.6. The van der Waals surface area contributed by atoms with Crippen molar-refractivity contribution in [3.63, 3.8) is 0 Å². The van der Waals surface area contributed by atoms with E-state index in [0.717, 1.165) is 13.1 Å². The zero-order chi connectivity index (χ0) is 24.1. The monoisotopic (exact) mass is 481 g/mol. The second-order valence-electron chi connectivity index (χ2n) is 8.85. The lowest BCUT2D eigenvalue weighted by Gasteiger charge is -2.33. The maximum absolute atomic E-state index is 13.0. The van der Waals surface area contributed by atoms with Crippen molar-refractivity contribution in [3.8, 4) is 0 Å². The summed E-state index contributed by atoms with van der Waals surface area (Å²) < 4.78 is 33.1. The highest BCUT2D eigenvalue weighted by molar-refractivity contribution is 7.89. The van der Waals surface area contributed by atoms with E-state index in [9.17, 15) is 13.2 Å². The number of aryl methyl sites for hydroxylation is 1. The van der Waals surface area contributed by atoms with Crippen LogP contribution in [0.1, 0.15) is 53.4 Å². The van der Waals surface area contributed by atoms with Crippen molar-refractivity contribution in [1.82, 2.24) is 9.62 Å². The Morgan fingerprint density at radius 1 is 1.12 bits per heavy atom. The van der Waals surface area contributed by atoms with Gasteiger partial charge in [0.1, 0.15) is 5.76 Å². The van der Waals surface area contributed by atoms with E-state index in [1.807, 2.05) is 24.3 Å². The third-order valence-electron chi connectivity index (χ3n) is 6.32. The van der Waals surface area contributed by atoms with Crippen LogP contribution >= 0.6 is 0 Å². The average Bonchev–Trinajstić information content (AvgIpc) is 3.34. The molecular weight excluding hydrogens is 450 g/mol. The molecule has 1 aliphatic rings. The molecule has 1 fully saturated rings. The van der Waals surface area contributed by atoms with Crippen molar-refractivity contribution in [2.45, 2.75) is 57.1 Å². The minimum Gasteiger partial charge on any atom is -0.468 e. The number of likely N-dealkylation sites (tertiary alicyclic amines) is 1. The highest BCUT2D eigenvalue weighted by Gasteiger charge is 2.20. The molecule has 2 heterocycles. The Kier molecular flexibility index (Phi) is 7.50. The molecule has 2 aromatic carbocycles. The number of benzene rings is 2. The smallest absolute Gasteiger partial charge is 0.255 e. The summed E-state index contributed by atoms with van der Waals surface area (Å²) in [5.74, 6) is 0.157. The van der Waals surface area contributed by atoms with Crippen molar-refractivity contribution in [1.29, 1.82) is 0 Å². The SMILES string of the molecule is Cc1ccc(S(=O)(=O)NCc2ccco2)cc1C(=O)Nc1ccc(CN2CCCCC2C)cc1. The summed E-state index contributed by atoms with van der Waals surface area (Å²) in [5, 5.41) is 2.89. The van der Waals surface area contributed by atoms with Gasteiger partial charge < -0.3 is 9.73 Å². The second-order valence-corrected chi connectivity index (χ2v) is 10.6. The number of hydrogen-bond acceptors (Lipinski definition) is 5. The van der Waals surface area contributed by atoms with E-state index in [0.29, 0.717) is 28.6 Å². The van der Waals surface area contributed by atoms with Gasteiger partial charge in [-0.05, 0) is 80.8 Å². The molecule has 2 N–H and O–H groups in total. The fourth-order valence-corrected chi connectivity index (χ4v) is 5.21. The zero-order valence-corrected chi connectivity index (χ0v) is 20.4. The van der Waals surface area contributed by atoms with Crippen molar-refractivity contribution in [3.05, 3.63) is 83.3 Å². The van der Waals surface area contributed by atoms with Gasteiger partial charge in [0, 0.05) is 23.8 Å². The number of nitrogens with one attached hydrogen (secondary N) is 2. The third-order valence-corrected chi connectivity index (χ3v) is 7.72. The van der Waals surface area contributed by atoms with Crippen molar-refractivity contribution in [2.24, 2.45) is 0 Å². The minimum atomic E-state index is -3.80. The Balaban J connectivity index is 1.42. The van der Waals surface area contributed by atoms with Crippen LogP contribution in [0.4, 0.5) is 5.69 Å². The minimum absolute atomic E-state index is 0.0285. The van der Waals surface area contributed by atoms with E-state index in [1.54, 1.807) is 25.1 Å². The van der Waals surface area contributed by atoms with Gasteiger partial charge >= 0.3 is 0 Å². The number of furan rings is 1. The Hall–Kier alpha value is -2.94. The average molecular weight is 482 g/mol. The lowest BCUT2D eigenvalue weighted by Crippen LogP contribution is -2.36. The molecule has 0 spiro atoms. The first-order chi connectivity index (χ1) is 16.3. The summed E-state index contributed by atoms with van der Waals surface area (Å²) in [6, 6.07) is 16.4. The molecule has 8 heteroatoms. The quantitative estimate of drug-likeness (QED) is 0.487. The van der Waals surface area contributed by atoms with Gasteiger partial charge in [-0.15, -0.1) is 0 Å². The molecule has 1 unspecified atom stereocenters. The van der Waals surface area contributed by atoms with Gasteiger partial charge in [-0.2, -0.15) is 0 Å².